The van der Waals surface area contributed by atoms with E-state index in [1.807, 2.05) is 7.05 Å². The number of rotatable bonds is 5. The maximum Gasteiger partial charge on any atom is 0.0401 e. The predicted octanol–water partition coefficient (Wildman–Crippen LogP) is 3.03. The van der Waals surface area contributed by atoms with Crippen molar-refractivity contribution in [3.05, 3.63) is 29.8 Å². The predicted molar refractivity (Wildman–Crippen MR) is 77.0 cm³/mol. The number of benzene rings is 1. The van der Waals surface area contributed by atoms with Crippen LogP contribution in [-0.4, -0.2) is 27.2 Å². The van der Waals surface area contributed by atoms with Crippen molar-refractivity contribution in [2.24, 2.45) is 0 Å². The van der Waals surface area contributed by atoms with Gasteiger partial charge in [-0.05, 0) is 37.1 Å². The molecule has 1 aromatic carbocycles. The number of para-hydroxylation sites is 1. The van der Waals surface area contributed by atoms with Gasteiger partial charge in [0.1, 0.15) is 0 Å². The smallest absolute Gasteiger partial charge is 0.0401 e. The van der Waals surface area contributed by atoms with E-state index in [0.717, 1.165) is 13.1 Å². The van der Waals surface area contributed by atoms with Crippen molar-refractivity contribution >= 4 is 5.69 Å². The summed E-state index contributed by atoms with van der Waals surface area (Å²) in [6.07, 6.45) is 1.17. The summed E-state index contributed by atoms with van der Waals surface area (Å²) in [7, 11) is 4.18. The van der Waals surface area contributed by atoms with Crippen LogP contribution in [0.5, 0.6) is 0 Å². The van der Waals surface area contributed by atoms with Gasteiger partial charge in [0.2, 0.25) is 0 Å². The largest absolute Gasteiger partial charge is 0.374 e. The Morgan fingerprint density at radius 3 is 2.41 bits per heavy atom. The third kappa shape index (κ3) is 4.04. The standard InChI is InChI=1S/C15H26N2/c1-15(2,3)13-9-6-7-10-14(13)17(5)12-8-11-16-4/h6-7,9-10,16H,8,11-12H2,1-5H3. The molecule has 0 aliphatic heterocycles. The fourth-order valence-corrected chi connectivity index (χ4v) is 2.05. The van der Waals surface area contributed by atoms with Gasteiger partial charge in [-0.3, -0.25) is 0 Å². The Bertz CT molecular complexity index is 339. The highest BCUT2D eigenvalue weighted by molar-refractivity contribution is 5.55. The van der Waals surface area contributed by atoms with Crippen molar-refractivity contribution in [1.29, 1.82) is 0 Å². The molecule has 0 radical (unpaired) electrons. The summed E-state index contributed by atoms with van der Waals surface area (Å²) in [5.74, 6) is 0. The topological polar surface area (TPSA) is 15.3 Å². The lowest BCUT2D eigenvalue weighted by atomic mass is 9.85. The van der Waals surface area contributed by atoms with Crippen molar-refractivity contribution < 1.29 is 0 Å². The Morgan fingerprint density at radius 2 is 1.82 bits per heavy atom. The number of nitrogens with one attached hydrogen (secondary N) is 1. The molecule has 0 fully saturated rings. The van der Waals surface area contributed by atoms with E-state index in [0.29, 0.717) is 0 Å². The van der Waals surface area contributed by atoms with E-state index < -0.39 is 0 Å². The summed E-state index contributed by atoms with van der Waals surface area (Å²) in [6.45, 7) is 8.98. The second-order valence-corrected chi connectivity index (χ2v) is 5.65. The SMILES string of the molecule is CNCCCN(C)c1ccccc1C(C)(C)C. The molecule has 0 bridgehead atoms. The summed E-state index contributed by atoms with van der Waals surface area (Å²) < 4.78 is 0. The van der Waals surface area contributed by atoms with E-state index in [4.69, 9.17) is 0 Å². The average Bonchev–Trinajstić information content (AvgIpc) is 2.28. The van der Waals surface area contributed by atoms with Gasteiger partial charge in [-0.2, -0.15) is 0 Å². The molecule has 0 saturated carbocycles. The number of hydrogen-bond donors (Lipinski definition) is 1. The quantitative estimate of drug-likeness (QED) is 0.788. The highest BCUT2D eigenvalue weighted by Crippen LogP contribution is 2.31. The number of hydrogen-bond acceptors (Lipinski definition) is 2. The van der Waals surface area contributed by atoms with Crippen LogP contribution in [0.1, 0.15) is 32.8 Å². The lowest BCUT2D eigenvalue weighted by molar-refractivity contribution is 0.587. The van der Waals surface area contributed by atoms with Gasteiger partial charge in [0.15, 0.2) is 0 Å². The van der Waals surface area contributed by atoms with E-state index in [1.54, 1.807) is 0 Å². The van der Waals surface area contributed by atoms with Gasteiger partial charge in [0.25, 0.3) is 0 Å². The van der Waals surface area contributed by atoms with E-state index in [-0.39, 0.29) is 5.41 Å². The molecule has 0 aliphatic rings. The zero-order valence-corrected chi connectivity index (χ0v) is 11.9. The van der Waals surface area contributed by atoms with Crippen molar-refractivity contribution in [2.75, 3.05) is 32.1 Å². The highest BCUT2D eigenvalue weighted by atomic mass is 15.1. The van der Waals surface area contributed by atoms with Crippen LogP contribution >= 0.6 is 0 Å². The van der Waals surface area contributed by atoms with Crippen molar-refractivity contribution in [3.63, 3.8) is 0 Å². The van der Waals surface area contributed by atoms with Gasteiger partial charge >= 0.3 is 0 Å². The van der Waals surface area contributed by atoms with E-state index in [1.165, 1.54) is 17.7 Å². The van der Waals surface area contributed by atoms with Crippen molar-refractivity contribution in [1.82, 2.24) is 5.32 Å². The lowest BCUT2D eigenvalue weighted by Gasteiger charge is -2.28. The van der Waals surface area contributed by atoms with Crippen molar-refractivity contribution in [2.45, 2.75) is 32.6 Å². The minimum atomic E-state index is 0.202. The molecule has 0 atom stereocenters. The van der Waals surface area contributed by atoms with Crippen LogP contribution in [0.4, 0.5) is 5.69 Å². The Labute approximate surface area is 106 Å². The third-order valence-corrected chi connectivity index (χ3v) is 3.04. The Kier molecular flexibility index (Phi) is 5.01. The number of nitrogens with zero attached hydrogens (tertiary/aromatic N) is 1. The maximum absolute atomic E-state index is 3.19. The van der Waals surface area contributed by atoms with Crippen LogP contribution in [0.15, 0.2) is 24.3 Å². The summed E-state index contributed by atoms with van der Waals surface area (Å²) in [5, 5.41) is 3.19. The molecule has 2 heteroatoms. The van der Waals surface area contributed by atoms with Gasteiger partial charge in [0.05, 0.1) is 0 Å². The molecule has 2 nitrogen and oxygen atoms in total. The van der Waals surface area contributed by atoms with Crippen LogP contribution in [-0.2, 0) is 5.41 Å². The molecule has 96 valence electrons. The molecule has 1 rings (SSSR count). The fourth-order valence-electron chi connectivity index (χ4n) is 2.05. The molecule has 0 amide bonds. The molecule has 0 spiro atoms. The molecule has 0 unspecified atom stereocenters. The monoisotopic (exact) mass is 234 g/mol. The molecule has 17 heavy (non-hydrogen) atoms. The maximum atomic E-state index is 3.19. The van der Waals surface area contributed by atoms with Gasteiger partial charge in [-0.15, -0.1) is 0 Å². The first-order valence-corrected chi connectivity index (χ1v) is 6.42. The van der Waals surface area contributed by atoms with Crippen LogP contribution in [0.25, 0.3) is 0 Å². The molecule has 0 heterocycles. The highest BCUT2D eigenvalue weighted by Gasteiger charge is 2.18. The molecule has 0 saturated heterocycles. The minimum Gasteiger partial charge on any atom is -0.374 e. The second-order valence-electron chi connectivity index (χ2n) is 5.65. The lowest BCUT2D eigenvalue weighted by Crippen LogP contribution is -2.25. The van der Waals surface area contributed by atoms with Crippen LogP contribution in [0.3, 0.4) is 0 Å². The van der Waals surface area contributed by atoms with E-state index in [2.05, 4.69) is 62.3 Å². The molecular formula is C15H26N2. The molecule has 1 N–H and O–H groups in total. The fraction of sp³-hybridized carbons (Fsp3) is 0.600. The summed E-state index contributed by atoms with van der Waals surface area (Å²) >= 11 is 0. The Morgan fingerprint density at radius 1 is 1.18 bits per heavy atom. The van der Waals surface area contributed by atoms with E-state index >= 15 is 0 Å². The normalized spacial score (nSPS) is 11.6. The zero-order valence-electron chi connectivity index (χ0n) is 11.9. The minimum absolute atomic E-state index is 0.202. The van der Waals surface area contributed by atoms with Gasteiger partial charge in [-0.1, -0.05) is 39.0 Å². The van der Waals surface area contributed by atoms with Crippen LogP contribution in [0.2, 0.25) is 0 Å². The first-order valence-electron chi connectivity index (χ1n) is 6.42. The van der Waals surface area contributed by atoms with Gasteiger partial charge < -0.3 is 10.2 Å². The summed E-state index contributed by atoms with van der Waals surface area (Å²) in [5.41, 5.74) is 2.98. The molecule has 0 aliphatic carbocycles. The zero-order chi connectivity index (χ0) is 12.9. The first-order chi connectivity index (χ1) is 7.96. The van der Waals surface area contributed by atoms with Crippen molar-refractivity contribution in [3.8, 4) is 0 Å². The Hall–Kier alpha value is -1.02. The van der Waals surface area contributed by atoms with Crippen LogP contribution < -0.4 is 10.2 Å². The van der Waals surface area contributed by atoms with Gasteiger partial charge in [-0.25, -0.2) is 0 Å². The molecule has 0 aromatic heterocycles. The first kappa shape index (κ1) is 14.0. The average molecular weight is 234 g/mol. The van der Waals surface area contributed by atoms with E-state index in [9.17, 15) is 0 Å². The molecule has 1 aromatic rings. The molecular weight excluding hydrogens is 208 g/mol. The Balaban J connectivity index is 2.82. The van der Waals surface area contributed by atoms with Crippen LogP contribution in [0, 0.1) is 0 Å². The summed E-state index contributed by atoms with van der Waals surface area (Å²) in [4.78, 5) is 2.36. The number of anilines is 1. The second kappa shape index (κ2) is 6.06. The third-order valence-electron chi connectivity index (χ3n) is 3.04. The van der Waals surface area contributed by atoms with Gasteiger partial charge in [0, 0.05) is 19.3 Å². The summed E-state index contributed by atoms with van der Waals surface area (Å²) in [6, 6.07) is 8.72.